The van der Waals surface area contributed by atoms with Crippen LogP contribution in [0.2, 0.25) is 0 Å². The molecular weight excluding hydrogens is 268 g/mol. The summed E-state index contributed by atoms with van der Waals surface area (Å²) in [6.07, 6.45) is 0. The van der Waals surface area contributed by atoms with Gasteiger partial charge in [-0.15, -0.1) is 0 Å². The van der Waals surface area contributed by atoms with Gasteiger partial charge in [-0.25, -0.2) is 0 Å². The minimum Gasteiger partial charge on any atom is -0.388 e. The largest absolute Gasteiger partial charge is 0.388 e. The van der Waals surface area contributed by atoms with Crippen LogP contribution in [-0.2, 0) is 6.54 Å². The average molecular weight is 282 g/mol. The summed E-state index contributed by atoms with van der Waals surface area (Å²) in [5.41, 5.74) is 2.96. The first-order chi connectivity index (χ1) is 10.1. The number of nitrogens with one attached hydrogen (secondary N) is 2. The van der Waals surface area contributed by atoms with Gasteiger partial charge in [0.25, 0.3) is 5.69 Å². The van der Waals surface area contributed by atoms with Crippen LogP contribution in [0, 0.1) is 21.4 Å². The molecule has 0 saturated carbocycles. The topological polar surface area (TPSA) is 91.0 Å². The smallest absolute Gasteiger partial charge is 0.273 e. The zero-order valence-corrected chi connectivity index (χ0v) is 11.5. The van der Waals surface area contributed by atoms with Gasteiger partial charge in [0.1, 0.15) is 0 Å². The first-order valence-corrected chi connectivity index (χ1v) is 6.32. The van der Waals surface area contributed by atoms with Crippen molar-refractivity contribution in [2.75, 3.05) is 17.7 Å². The maximum absolute atomic E-state index is 10.9. The lowest BCUT2D eigenvalue weighted by atomic mass is 10.1. The summed E-state index contributed by atoms with van der Waals surface area (Å²) in [6.45, 7) is 0.524. The Hall–Kier alpha value is -3.07. The van der Waals surface area contributed by atoms with E-state index in [1.807, 2.05) is 12.1 Å². The minimum absolute atomic E-state index is 0.0316. The number of nitro groups is 1. The van der Waals surface area contributed by atoms with Gasteiger partial charge < -0.3 is 10.6 Å². The van der Waals surface area contributed by atoms with Gasteiger partial charge in [-0.2, -0.15) is 5.26 Å². The molecule has 0 aliphatic carbocycles. The van der Waals surface area contributed by atoms with Crippen LogP contribution >= 0.6 is 0 Å². The number of anilines is 2. The second-order valence-corrected chi connectivity index (χ2v) is 4.44. The molecule has 0 radical (unpaired) electrons. The van der Waals surface area contributed by atoms with E-state index in [1.165, 1.54) is 12.1 Å². The number of benzene rings is 2. The normalized spacial score (nSPS) is 9.71. The highest BCUT2D eigenvalue weighted by atomic mass is 16.6. The van der Waals surface area contributed by atoms with Crippen molar-refractivity contribution < 1.29 is 4.92 Å². The molecule has 106 valence electrons. The molecule has 0 saturated heterocycles. The number of nitrogens with zero attached hydrogens (tertiary/aromatic N) is 2. The number of hydrogen-bond donors (Lipinski definition) is 2. The Morgan fingerprint density at radius 2 is 1.86 bits per heavy atom. The zero-order chi connectivity index (χ0) is 15.2. The van der Waals surface area contributed by atoms with E-state index in [2.05, 4.69) is 16.7 Å². The van der Waals surface area contributed by atoms with Crippen molar-refractivity contribution >= 4 is 17.1 Å². The van der Waals surface area contributed by atoms with E-state index in [4.69, 9.17) is 5.26 Å². The van der Waals surface area contributed by atoms with Crippen molar-refractivity contribution in [3.05, 3.63) is 63.7 Å². The molecule has 0 bridgehead atoms. The standard InChI is InChI=1S/C15H14N4O2/c1-17-13-6-14(8-15(7-13)19(20)21)18-10-12-4-2-11(9-16)3-5-12/h2-8,17-18H,10H2,1H3. The number of nitriles is 1. The molecule has 2 aromatic carbocycles. The Kier molecular flexibility index (Phi) is 4.36. The molecule has 0 aromatic heterocycles. The van der Waals surface area contributed by atoms with Crippen LogP contribution in [0.15, 0.2) is 42.5 Å². The van der Waals surface area contributed by atoms with Crippen LogP contribution in [0.1, 0.15) is 11.1 Å². The lowest BCUT2D eigenvalue weighted by molar-refractivity contribution is -0.384. The van der Waals surface area contributed by atoms with Crippen LogP contribution < -0.4 is 10.6 Å². The molecule has 0 fully saturated rings. The van der Waals surface area contributed by atoms with Gasteiger partial charge in [0.15, 0.2) is 0 Å². The van der Waals surface area contributed by atoms with Crippen molar-refractivity contribution in [3.8, 4) is 6.07 Å². The van der Waals surface area contributed by atoms with Gasteiger partial charge in [-0.1, -0.05) is 12.1 Å². The number of hydrogen-bond acceptors (Lipinski definition) is 5. The van der Waals surface area contributed by atoms with E-state index in [0.29, 0.717) is 23.5 Å². The van der Waals surface area contributed by atoms with Gasteiger partial charge in [-0.3, -0.25) is 10.1 Å². The SMILES string of the molecule is CNc1cc(NCc2ccc(C#N)cc2)cc([N+](=O)[O-])c1. The Morgan fingerprint density at radius 3 is 2.43 bits per heavy atom. The molecule has 0 aliphatic rings. The fourth-order valence-corrected chi connectivity index (χ4v) is 1.86. The van der Waals surface area contributed by atoms with Crippen molar-refractivity contribution in [2.24, 2.45) is 0 Å². The van der Waals surface area contributed by atoms with E-state index >= 15 is 0 Å². The van der Waals surface area contributed by atoms with E-state index < -0.39 is 4.92 Å². The van der Waals surface area contributed by atoms with Gasteiger partial charge in [0, 0.05) is 37.1 Å². The summed E-state index contributed by atoms with van der Waals surface area (Å²) >= 11 is 0. The summed E-state index contributed by atoms with van der Waals surface area (Å²) in [6, 6.07) is 14.0. The van der Waals surface area contributed by atoms with Crippen molar-refractivity contribution in [3.63, 3.8) is 0 Å². The maximum Gasteiger partial charge on any atom is 0.273 e. The maximum atomic E-state index is 10.9. The van der Waals surface area contributed by atoms with Gasteiger partial charge in [0.05, 0.1) is 16.6 Å². The molecule has 0 atom stereocenters. The van der Waals surface area contributed by atoms with Crippen molar-refractivity contribution in [2.45, 2.75) is 6.54 Å². The quantitative estimate of drug-likeness (QED) is 0.649. The Morgan fingerprint density at radius 1 is 1.19 bits per heavy atom. The monoisotopic (exact) mass is 282 g/mol. The molecule has 2 rings (SSSR count). The predicted molar refractivity (Wildman–Crippen MR) is 81.1 cm³/mol. The van der Waals surface area contributed by atoms with Gasteiger partial charge in [0.2, 0.25) is 0 Å². The summed E-state index contributed by atoms with van der Waals surface area (Å²) in [5.74, 6) is 0. The average Bonchev–Trinajstić information content (AvgIpc) is 2.53. The summed E-state index contributed by atoms with van der Waals surface area (Å²) < 4.78 is 0. The van der Waals surface area contributed by atoms with Crippen LogP contribution in [0.25, 0.3) is 0 Å². The van der Waals surface area contributed by atoms with Crippen LogP contribution in [0.3, 0.4) is 0 Å². The van der Waals surface area contributed by atoms with E-state index in [-0.39, 0.29) is 5.69 Å². The summed E-state index contributed by atoms with van der Waals surface area (Å²) in [4.78, 5) is 10.5. The molecule has 0 unspecified atom stereocenters. The summed E-state index contributed by atoms with van der Waals surface area (Å²) in [5, 5.41) is 25.7. The fourth-order valence-electron chi connectivity index (χ4n) is 1.86. The van der Waals surface area contributed by atoms with Crippen molar-refractivity contribution in [1.82, 2.24) is 0 Å². The van der Waals surface area contributed by atoms with Crippen LogP contribution in [-0.4, -0.2) is 12.0 Å². The number of nitro benzene ring substituents is 1. The second-order valence-electron chi connectivity index (χ2n) is 4.44. The van der Waals surface area contributed by atoms with Crippen molar-refractivity contribution in [1.29, 1.82) is 5.26 Å². The summed E-state index contributed by atoms with van der Waals surface area (Å²) in [7, 11) is 1.71. The minimum atomic E-state index is -0.423. The lowest BCUT2D eigenvalue weighted by Crippen LogP contribution is -2.01. The highest BCUT2D eigenvalue weighted by Gasteiger charge is 2.09. The first-order valence-electron chi connectivity index (χ1n) is 6.32. The van der Waals surface area contributed by atoms with E-state index in [1.54, 1.807) is 25.2 Å². The third-order valence-corrected chi connectivity index (χ3v) is 3.00. The molecule has 0 spiro atoms. The highest BCUT2D eigenvalue weighted by molar-refractivity contribution is 5.63. The zero-order valence-electron chi connectivity index (χ0n) is 11.5. The Balaban J connectivity index is 2.13. The van der Waals surface area contributed by atoms with Gasteiger partial charge in [-0.05, 0) is 23.8 Å². The molecule has 0 amide bonds. The van der Waals surface area contributed by atoms with Crippen LogP contribution in [0.4, 0.5) is 17.1 Å². The second kappa shape index (κ2) is 6.39. The molecule has 0 aliphatic heterocycles. The Labute approximate surface area is 122 Å². The number of rotatable bonds is 5. The molecule has 0 heterocycles. The third-order valence-electron chi connectivity index (χ3n) is 3.00. The van der Waals surface area contributed by atoms with Crippen LogP contribution in [0.5, 0.6) is 0 Å². The molecule has 6 nitrogen and oxygen atoms in total. The highest BCUT2D eigenvalue weighted by Crippen LogP contribution is 2.24. The van der Waals surface area contributed by atoms with Gasteiger partial charge >= 0.3 is 0 Å². The molecular formula is C15H14N4O2. The Bertz CT molecular complexity index is 690. The lowest BCUT2D eigenvalue weighted by Gasteiger charge is -2.09. The van der Waals surface area contributed by atoms with E-state index in [9.17, 15) is 10.1 Å². The third kappa shape index (κ3) is 3.70. The fraction of sp³-hybridized carbons (Fsp3) is 0.133. The molecule has 21 heavy (non-hydrogen) atoms. The first kappa shape index (κ1) is 14.3. The molecule has 2 aromatic rings. The predicted octanol–water partition coefficient (Wildman–Crippen LogP) is 3.12. The number of non-ortho nitro benzene ring substituents is 1. The molecule has 2 N–H and O–H groups in total. The molecule has 6 heteroatoms. The van der Waals surface area contributed by atoms with E-state index in [0.717, 1.165) is 5.56 Å².